The Balaban J connectivity index is 2.58. The SMILES string of the molecule is COc1cccc2c1NC(=O)C(C)(C)C(C)(C)N2. The molecule has 0 spiro atoms. The van der Waals surface area contributed by atoms with Gasteiger partial charge in [-0.2, -0.15) is 0 Å². The second kappa shape index (κ2) is 3.90. The Hall–Kier alpha value is -1.71. The molecule has 0 aliphatic carbocycles. The van der Waals surface area contributed by atoms with E-state index in [1.165, 1.54) is 0 Å². The maximum atomic E-state index is 12.4. The third-order valence-corrected chi connectivity index (χ3v) is 4.06. The van der Waals surface area contributed by atoms with Crippen molar-refractivity contribution in [1.29, 1.82) is 0 Å². The van der Waals surface area contributed by atoms with Gasteiger partial charge in [-0.25, -0.2) is 0 Å². The van der Waals surface area contributed by atoms with Gasteiger partial charge in [0.1, 0.15) is 11.4 Å². The highest BCUT2D eigenvalue weighted by atomic mass is 16.5. The molecule has 98 valence electrons. The van der Waals surface area contributed by atoms with E-state index < -0.39 is 5.41 Å². The minimum Gasteiger partial charge on any atom is -0.494 e. The lowest BCUT2D eigenvalue weighted by Crippen LogP contribution is -2.50. The summed E-state index contributed by atoms with van der Waals surface area (Å²) in [5, 5.41) is 6.39. The smallest absolute Gasteiger partial charge is 0.232 e. The predicted octanol–water partition coefficient (Wildman–Crippen LogP) is 2.86. The monoisotopic (exact) mass is 248 g/mol. The predicted molar refractivity (Wildman–Crippen MR) is 73.1 cm³/mol. The highest BCUT2D eigenvalue weighted by Gasteiger charge is 2.45. The molecular formula is C14H20N2O2. The van der Waals surface area contributed by atoms with Crippen LogP contribution < -0.4 is 15.4 Å². The van der Waals surface area contributed by atoms with E-state index in [1.54, 1.807) is 7.11 Å². The van der Waals surface area contributed by atoms with Gasteiger partial charge in [-0.3, -0.25) is 4.79 Å². The first kappa shape index (κ1) is 12.7. The number of rotatable bonds is 1. The number of benzene rings is 1. The summed E-state index contributed by atoms with van der Waals surface area (Å²) in [6, 6.07) is 5.69. The number of ether oxygens (including phenoxy) is 1. The first-order valence-electron chi connectivity index (χ1n) is 6.06. The molecule has 2 rings (SSSR count). The van der Waals surface area contributed by atoms with Crippen LogP contribution >= 0.6 is 0 Å². The van der Waals surface area contributed by atoms with E-state index in [9.17, 15) is 4.79 Å². The number of nitrogens with one attached hydrogen (secondary N) is 2. The summed E-state index contributed by atoms with van der Waals surface area (Å²) in [5.74, 6) is 0.658. The van der Waals surface area contributed by atoms with Crippen LogP contribution in [0.4, 0.5) is 11.4 Å². The molecule has 0 unspecified atom stereocenters. The average Bonchev–Trinajstić information content (AvgIpc) is 2.35. The summed E-state index contributed by atoms with van der Waals surface area (Å²) in [6.07, 6.45) is 0. The largest absolute Gasteiger partial charge is 0.494 e. The van der Waals surface area contributed by atoms with Crippen LogP contribution in [0.15, 0.2) is 18.2 Å². The lowest BCUT2D eigenvalue weighted by Gasteiger charge is -2.39. The molecule has 1 aliphatic heterocycles. The van der Waals surface area contributed by atoms with Crippen LogP contribution in [0.1, 0.15) is 27.7 Å². The Labute approximate surface area is 108 Å². The molecule has 0 atom stereocenters. The maximum Gasteiger partial charge on any atom is 0.232 e. The molecule has 1 amide bonds. The van der Waals surface area contributed by atoms with Crippen molar-refractivity contribution in [3.8, 4) is 5.75 Å². The first-order valence-corrected chi connectivity index (χ1v) is 6.06. The number of anilines is 2. The molecule has 0 aromatic heterocycles. The van der Waals surface area contributed by atoms with Gasteiger partial charge in [0.25, 0.3) is 0 Å². The number of hydrogen-bond acceptors (Lipinski definition) is 3. The van der Waals surface area contributed by atoms with Crippen molar-refractivity contribution in [1.82, 2.24) is 0 Å². The maximum absolute atomic E-state index is 12.4. The normalized spacial score (nSPS) is 20.2. The van der Waals surface area contributed by atoms with Crippen LogP contribution in [0, 0.1) is 5.41 Å². The van der Waals surface area contributed by atoms with Crippen molar-refractivity contribution in [2.45, 2.75) is 33.2 Å². The van der Waals surface area contributed by atoms with E-state index in [-0.39, 0.29) is 11.4 Å². The third kappa shape index (κ3) is 1.72. The van der Waals surface area contributed by atoms with E-state index in [1.807, 2.05) is 45.9 Å². The number of amides is 1. The Kier molecular flexibility index (Phi) is 2.76. The molecule has 0 saturated carbocycles. The summed E-state index contributed by atoms with van der Waals surface area (Å²) < 4.78 is 5.30. The fourth-order valence-corrected chi connectivity index (χ4v) is 1.98. The molecule has 0 fully saturated rings. The van der Waals surface area contributed by atoms with Crippen LogP contribution in [0.5, 0.6) is 5.75 Å². The van der Waals surface area contributed by atoms with Gasteiger partial charge in [0, 0.05) is 5.54 Å². The van der Waals surface area contributed by atoms with E-state index >= 15 is 0 Å². The number of hydrogen-bond donors (Lipinski definition) is 2. The molecule has 2 N–H and O–H groups in total. The fourth-order valence-electron chi connectivity index (χ4n) is 1.98. The zero-order chi connectivity index (χ0) is 13.6. The van der Waals surface area contributed by atoms with E-state index in [0.717, 1.165) is 5.69 Å². The summed E-state index contributed by atoms with van der Waals surface area (Å²) in [4.78, 5) is 12.4. The average molecular weight is 248 g/mol. The molecule has 4 nitrogen and oxygen atoms in total. The Morgan fingerprint density at radius 3 is 2.44 bits per heavy atom. The summed E-state index contributed by atoms with van der Waals surface area (Å²) >= 11 is 0. The highest BCUT2D eigenvalue weighted by Crippen LogP contribution is 2.43. The molecule has 1 heterocycles. The van der Waals surface area contributed by atoms with Crippen molar-refractivity contribution < 1.29 is 9.53 Å². The van der Waals surface area contributed by atoms with Crippen LogP contribution in [0.25, 0.3) is 0 Å². The van der Waals surface area contributed by atoms with Gasteiger partial charge >= 0.3 is 0 Å². The van der Waals surface area contributed by atoms with Gasteiger partial charge in [-0.15, -0.1) is 0 Å². The fraction of sp³-hybridized carbons (Fsp3) is 0.500. The first-order chi connectivity index (χ1) is 8.29. The zero-order valence-electron chi connectivity index (χ0n) is 11.5. The summed E-state index contributed by atoms with van der Waals surface area (Å²) in [7, 11) is 1.60. The Morgan fingerprint density at radius 2 is 1.83 bits per heavy atom. The molecule has 0 bridgehead atoms. The topological polar surface area (TPSA) is 50.4 Å². The number of carbonyl (C=O) groups is 1. The highest BCUT2D eigenvalue weighted by molar-refractivity contribution is 6.02. The molecular weight excluding hydrogens is 228 g/mol. The molecule has 1 aromatic rings. The second-order valence-corrected chi connectivity index (χ2v) is 5.71. The lowest BCUT2D eigenvalue weighted by atomic mass is 9.74. The summed E-state index contributed by atoms with van der Waals surface area (Å²) in [6.45, 7) is 7.93. The van der Waals surface area contributed by atoms with Gasteiger partial charge in [-0.05, 0) is 39.8 Å². The third-order valence-electron chi connectivity index (χ3n) is 4.06. The number of methoxy groups -OCH3 is 1. The van der Waals surface area contributed by atoms with E-state index in [2.05, 4.69) is 10.6 Å². The van der Waals surface area contributed by atoms with Gasteiger partial charge < -0.3 is 15.4 Å². The van der Waals surface area contributed by atoms with Gasteiger partial charge in [0.15, 0.2) is 0 Å². The van der Waals surface area contributed by atoms with Crippen molar-refractivity contribution in [3.63, 3.8) is 0 Å². The van der Waals surface area contributed by atoms with E-state index in [4.69, 9.17) is 4.74 Å². The quantitative estimate of drug-likeness (QED) is 0.803. The molecule has 18 heavy (non-hydrogen) atoms. The van der Waals surface area contributed by atoms with Gasteiger partial charge in [-0.1, -0.05) is 6.07 Å². The Morgan fingerprint density at radius 1 is 1.17 bits per heavy atom. The van der Waals surface area contributed by atoms with Crippen molar-refractivity contribution >= 4 is 17.3 Å². The van der Waals surface area contributed by atoms with Crippen LogP contribution in [-0.2, 0) is 4.79 Å². The van der Waals surface area contributed by atoms with Gasteiger partial charge in [0.05, 0.1) is 18.2 Å². The number of para-hydroxylation sites is 1. The zero-order valence-corrected chi connectivity index (χ0v) is 11.5. The summed E-state index contributed by atoms with van der Waals surface area (Å²) in [5.41, 5.74) is 0.716. The van der Waals surface area contributed by atoms with Gasteiger partial charge in [0.2, 0.25) is 5.91 Å². The molecule has 1 aliphatic rings. The number of fused-ring (bicyclic) bond motifs is 1. The minimum absolute atomic E-state index is 0.0109. The van der Waals surface area contributed by atoms with Crippen molar-refractivity contribution in [3.05, 3.63) is 18.2 Å². The van der Waals surface area contributed by atoms with E-state index in [0.29, 0.717) is 11.4 Å². The second-order valence-electron chi connectivity index (χ2n) is 5.71. The molecule has 0 saturated heterocycles. The molecule has 4 heteroatoms. The standard InChI is InChI=1S/C14H20N2O2/c1-13(2)12(17)15-11-9(16-14(13,3)4)7-6-8-10(11)18-5/h6-8,16H,1-5H3,(H,15,17). The number of carbonyl (C=O) groups excluding carboxylic acids is 1. The van der Waals surface area contributed by atoms with Crippen molar-refractivity contribution in [2.75, 3.05) is 17.7 Å². The minimum atomic E-state index is -0.531. The Bertz CT molecular complexity index is 493. The van der Waals surface area contributed by atoms with Crippen LogP contribution in [0.2, 0.25) is 0 Å². The lowest BCUT2D eigenvalue weighted by molar-refractivity contribution is -0.126. The van der Waals surface area contributed by atoms with Crippen molar-refractivity contribution in [2.24, 2.45) is 5.41 Å². The van der Waals surface area contributed by atoms with Crippen LogP contribution in [0.3, 0.4) is 0 Å². The van der Waals surface area contributed by atoms with Crippen LogP contribution in [-0.4, -0.2) is 18.6 Å². The molecule has 1 aromatic carbocycles. The molecule has 0 radical (unpaired) electrons.